The second-order valence-electron chi connectivity index (χ2n) is 2.31. The van der Waals surface area contributed by atoms with Crippen molar-refractivity contribution in [3.63, 3.8) is 0 Å². The fourth-order valence-corrected chi connectivity index (χ4v) is 1.25. The minimum Gasteiger partial charge on any atom is -0.258 e. The third-order valence-corrected chi connectivity index (χ3v) is 1.85. The van der Waals surface area contributed by atoms with Gasteiger partial charge in [0.05, 0.1) is 10.8 Å². The lowest BCUT2D eigenvalue weighted by Crippen LogP contribution is -1.95. The van der Waals surface area contributed by atoms with Crippen LogP contribution in [0.25, 0.3) is 0 Å². The van der Waals surface area contributed by atoms with Crippen molar-refractivity contribution in [3.05, 3.63) is 46.4 Å². The molecule has 12 heavy (non-hydrogen) atoms. The Kier molecular flexibility index (Phi) is 2.65. The molecule has 0 atom stereocenters. The number of nitrogens with zero attached hydrogens (tertiary/aromatic N) is 1. The Hall–Kier alpha value is -1.09. The van der Waals surface area contributed by atoms with E-state index in [2.05, 4.69) is 6.92 Å². The number of alkyl halides is 1. The zero-order valence-electron chi connectivity index (χ0n) is 6.29. The van der Waals surface area contributed by atoms with Crippen LogP contribution in [0.1, 0.15) is 11.1 Å². The van der Waals surface area contributed by atoms with Gasteiger partial charge in [0, 0.05) is 11.6 Å². The Morgan fingerprint density at radius 1 is 1.58 bits per heavy atom. The van der Waals surface area contributed by atoms with Crippen LogP contribution in [0.3, 0.4) is 0 Å². The summed E-state index contributed by atoms with van der Waals surface area (Å²) in [5, 5.41) is 10.5. The van der Waals surface area contributed by atoms with E-state index in [0.717, 1.165) is 0 Å². The first-order valence-corrected chi connectivity index (χ1v) is 3.84. The van der Waals surface area contributed by atoms with E-state index >= 15 is 0 Å². The molecule has 0 spiro atoms. The molecule has 4 heteroatoms. The third kappa shape index (κ3) is 1.56. The lowest BCUT2D eigenvalue weighted by Gasteiger charge is -2.01. The van der Waals surface area contributed by atoms with Crippen LogP contribution >= 0.6 is 11.6 Å². The Bertz CT molecular complexity index is 312. The molecule has 0 saturated heterocycles. The van der Waals surface area contributed by atoms with Crippen LogP contribution in [0.5, 0.6) is 0 Å². The molecule has 0 amide bonds. The highest BCUT2D eigenvalue weighted by Gasteiger charge is 2.13. The second kappa shape index (κ2) is 3.54. The van der Waals surface area contributed by atoms with E-state index in [-0.39, 0.29) is 11.6 Å². The quantitative estimate of drug-likeness (QED) is 0.403. The van der Waals surface area contributed by atoms with Gasteiger partial charge in [0.1, 0.15) is 0 Å². The Balaban J connectivity index is 3.27. The highest BCUT2D eigenvalue weighted by atomic mass is 35.5. The Labute approximate surface area is 75.1 Å². The van der Waals surface area contributed by atoms with Crippen LogP contribution in [0, 0.1) is 17.0 Å². The van der Waals surface area contributed by atoms with E-state index in [9.17, 15) is 10.1 Å². The summed E-state index contributed by atoms with van der Waals surface area (Å²) in [4.78, 5) is 10.0. The summed E-state index contributed by atoms with van der Waals surface area (Å²) in [6.45, 7) is 3.65. The third-order valence-electron chi connectivity index (χ3n) is 1.58. The SMILES string of the molecule is [CH2]c1cccc([N+](=O)[O-])c1CCl. The number of hydrogen-bond acceptors (Lipinski definition) is 2. The predicted octanol–water partition coefficient (Wildman–Crippen LogP) is 2.52. The van der Waals surface area contributed by atoms with Gasteiger partial charge >= 0.3 is 0 Å². The van der Waals surface area contributed by atoms with Crippen molar-refractivity contribution in [1.29, 1.82) is 0 Å². The van der Waals surface area contributed by atoms with Crippen molar-refractivity contribution in [2.45, 2.75) is 5.88 Å². The molecular formula is C8H7ClNO2. The molecule has 1 aromatic carbocycles. The van der Waals surface area contributed by atoms with Gasteiger partial charge in [0.25, 0.3) is 5.69 Å². The van der Waals surface area contributed by atoms with Crippen molar-refractivity contribution in [2.75, 3.05) is 0 Å². The van der Waals surface area contributed by atoms with E-state index in [1.54, 1.807) is 12.1 Å². The monoisotopic (exact) mass is 184 g/mol. The van der Waals surface area contributed by atoms with Crippen LogP contribution in [-0.2, 0) is 5.88 Å². The normalized spacial score (nSPS) is 9.83. The average Bonchev–Trinajstić information content (AvgIpc) is 2.03. The van der Waals surface area contributed by atoms with Gasteiger partial charge in [-0.3, -0.25) is 10.1 Å². The molecule has 0 aliphatic carbocycles. The van der Waals surface area contributed by atoms with Crippen molar-refractivity contribution in [1.82, 2.24) is 0 Å². The number of nitro groups is 1. The maximum Gasteiger partial charge on any atom is 0.274 e. The Morgan fingerprint density at radius 3 is 2.67 bits per heavy atom. The molecule has 63 valence electrons. The van der Waals surface area contributed by atoms with E-state index in [4.69, 9.17) is 11.6 Å². The first kappa shape index (κ1) is 9.00. The first-order chi connectivity index (χ1) is 5.66. The van der Waals surface area contributed by atoms with Crippen LogP contribution in [-0.4, -0.2) is 4.92 Å². The van der Waals surface area contributed by atoms with Gasteiger partial charge in [-0.05, 0) is 12.5 Å². The lowest BCUT2D eigenvalue weighted by atomic mass is 10.1. The standard InChI is InChI=1S/C8H7ClNO2/c1-6-3-2-4-8(10(11)12)7(6)5-9/h2-4H,1,5H2. The molecule has 0 aliphatic heterocycles. The van der Waals surface area contributed by atoms with Gasteiger partial charge in [-0.25, -0.2) is 0 Å². The molecule has 1 aromatic rings. The molecule has 0 bridgehead atoms. The van der Waals surface area contributed by atoms with Crippen molar-refractivity contribution in [2.24, 2.45) is 0 Å². The fraction of sp³-hybridized carbons (Fsp3) is 0.125. The molecule has 0 fully saturated rings. The number of benzene rings is 1. The van der Waals surface area contributed by atoms with Crippen molar-refractivity contribution in [3.8, 4) is 0 Å². The van der Waals surface area contributed by atoms with Crippen molar-refractivity contribution >= 4 is 17.3 Å². The maximum absolute atomic E-state index is 10.5. The number of nitro benzene ring substituents is 1. The molecule has 0 saturated carbocycles. The summed E-state index contributed by atoms with van der Waals surface area (Å²) >= 11 is 5.54. The highest BCUT2D eigenvalue weighted by molar-refractivity contribution is 6.17. The van der Waals surface area contributed by atoms with Gasteiger partial charge in [0.2, 0.25) is 0 Å². The van der Waals surface area contributed by atoms with Crippen LogP contribution in [0.2, 0.25) is 0 Å². The molecule has 0 N–H and O–H groups in total. The van der Waals surface area contributed by atoms with Crippen LogP contribution < -0.4 is 0 Å². The molecule has 0 unspecified atom stereocenters. The predicted molar refractivity (Wildman–Crippen MR) is 47.1 cm³/mol. The van der Waals surface area contributed by atoms with E-state index < -0.39 is 4.92 Å². The molecule has 0 aliphatic rings. The van der Waals surface area contributed by atoms with Gasteiger partial charge in [-0.15, -0.1) is 11.6 Å². The maximum atomic E-state index is 10.5. The smallest absolute Gasteiger partial charge is 0.258 e. The molecule has 1 rings (SSSR count). The molecular weight excluding hydrogens is 178 g/mol. The van der Waals surface area contributed by atoms with Crippen LogP contribution in [0.15, 0.2) is 18.2 Å². The largest absolute Gasteiger partial charge is 0.274 e. The topological polar surface area (TPSA) is 43.1 Å². The minimum absolute atomic E-state index is 0.0394. The highest BCUT2D eigenvalue weighted by Crippen LogP contribution is 2.22. The fourth-order valence-electron chi connectivity index (χ4n) is 0.946. The molecule has 0 aromatic heterocycles. The van der Waals surface area contributed by atoms with Gasteiger partial charge in [-0.1, -0.05) is 12.1 Å². The van der Waals surface area contributed by atoms with E-state index in [1.165, 1.54) is 6.07 Å². The van der Waals surface area contributed by atoms with Gasteiger partial charge in [-0.2, -0.15) is 0 Å². The van der Waals surface area contributed by atoms with Gasteiger partial charge in [0.15, 0.2) is 0 Å². The Morgan fingerprint density at radius 2 is 2.25 bits per heavy atom. The number of rotatable bonds is 2. The number of hydrogen-bond donors (Lipinski definition) is 0. The summed E-state index contributed by atoms with van der Waals surface area (Å²) in [5.41, 5.74) is 1.14. The first-order valence-electron chi connectivity index (χ1n) is 3.31. The van der Waals surface area contributed by atoms with Crippen molar-refractivity contribution < 1.29 is 4.92 Å². The zero-order valence-corrected chi connectivity index (χ0v) is 7.04. The number of halogens is 1. The van der Waals surface area contributed by atoms with Crippen LogP contribution in [0.4, 0.5) is 5.69 Å². The average molecular weight is 185 g/mol. The zero-order chi connectivity index (χ0) is 9.14. The summed E-state index contributed by atoms with van der Waals surface area (Å²) in [6.07, 6.45) is 0. The summed E-state index contributed by atoms with van der Waals surface area (Å²) < 4.78 is 0. The lowest BCUT2D eigenvalue weighted by molar-refractivity contribution is -0.385. The second-order valence-corrected chi connectivity index (χ2v) is 2.57. The molecule has 0 heterocycles. The summed E-state index contributed by atoms with van der Waals surface area (Å²) in [5.74, 6) is 0.121. The van der Waals surface area contributed by atoms with E-state index in [1.807, 2.05) is 0 Å². The summed E-state index contributed by atoms with van der Waals surface area (Å²) in [7, 11) is 0. The molecule has 1 radical (unpaired) electrons. The minimum atomic E-state index is -0.452. The van der Waals surface area contributed by atoms with Gasteiger partial charge < -0.3 is 0 Å². The molecule has 3 nitrogen and oxygen atoms in total. The summed E-state index contributed by atoms with van der Waals surface area (Å²) in [6, 6.07) is 4.72. The van der Waals surface area contributed by atoms with E-state index in [0.29, 0.717) is 11.1 Å².